The Labute approximate surface area is 123 Å². The molecule has 1 fully saturated rings. The zero-order valence-electron chi connectivity index (χ0n) is 11.8. The van der Waals surface area contributed by atoms with Gasteiger partial charge in [0.05, 0.1) is 5.02 Å². The van der Waals surface area contributed by atoms with Crippen LogP contribution in [0.2, 0.25) is 5.02 Å². The number of carbonyl (C=O) groups excluding carboxylic acids is 1. The number of hydrogen-bond donors (Lipinski definition) is 3. The number of aromatic hydroxyl groups is 1. The van der Waals surface area contributed by atoms with Crippen LogP contribution in [0.1, 0.15) is 26.3 Å². The molecule has 5 nitrogen and oxygen atoms in total. The minimum Gasteiger partial charge on any atom is -0.508 e. The molecular formula is C14H20ClNO4. The Morgan fingerprint density at radius 3 is 2.30 bits per heavy atom. The number of carbonyl (C=O) groups is 1. The van der Waals surface area contributed by atoms with E-state index in [2.05, 4.69) is 10.1 Å². The van der Waals surface area contributed by atoms with Gasteiger partial charge in [-0.15, -0.1) is 0 Å². The molecule has 0 amide bonds. The Morgan fingerprint density at radius 1 is 1.40 bits per heavy atom. The van der Waals surface area contributed by atoms with Crippen LogP contribution in [0.3, 0.4) is 0 Å². The minimum atomic E-state index is -0.856. The molecule has 1 aromatic rings. The summed E-state index contributed by atoms with van der Waals surface area (Å²) in [6, 6.07) is 4.61. The summed E-state index contributed by atoms with van der Waals surface area (Å²) in [5.41, 5.74) is -0.502. The second-order valence-corrected chi connectivity index (χ2v) is 6.03. The second kappa shape index (κ2) is 6.43. The normalized spacial score (nSPS) is 16.4. The van der Waals surface area contributed by atoms with E-state index in [1.807, 2.05) is 20.8 Å². The molecule has 0 saturated carbocycles. The van der Waals surface area contributed by atoms with Crippen molar-refractivity contribution in [3.63, 3.8) is 0 Å². The molecule has 0 atom stereocenters. The predicted molar refractivity (Wildman–Crippen MR) is 76.8 cm³/mol. The molecule has 0 aliphatic carbocycles. The van der Waals surface area contributed by atoms with E-state index in [1.165, 1.54) is 12.1 Å². The van der Waals surface area contributed by atoms with Crippen molar-refractivity contribution in [2.24, 2.45) is 0 Å². The molecule has 1 aliphatic heterocycles. The summed E-state index contributed by atoms with van der Waals surface area (Å²) in [7, 11) is 0. The summed E-state index contributed by atoms with van der Waals surface area (Å²) in [5.74, 6) is 0.115. The summed E-state index contributed by atoms with van der Waals surface area (Å²) >= 11 is 5.88. The molecule has 1 aliphatic rings. The quantitative estimate of drug-likeness (QED) is 0.726. The van der Waals surface area contributed by atoms with Crippen molar-refractivity contribution in [2.45, 2.75) is 32.0 Å². The van der Waals surface area contributed by atoms with Crippen LogP contribution in [0.4, 0.5) is 0 Å². The van der Waals surface area contributed by atoms with Gasteiger partial charge in [-0.2, -0.15) is 0 Å². The molecule has 3 N–H and O–H groups in total. The average Bonchev–Trinajstić information content (AvgIpc) is 2.25. The Hall–Kier alpha value is -1.30. The molecule has 112 valence electrons. The molecule has 0 bridgehead atoms. The summed E-state index contributed by atoms with van der Waals surface area (Å²) < 4.78 is 4.55. The third-order valence-electron chi connectivity index (χ3n) is 2.69. The van der Waals surface area contributed by atoms with Crippen molar-refractivity contribution in [2.75, 3.05) is 13.1 Å². The maximum atomic E-state index is 9.92. The lowest BCUT2D eigenvalue weighted by Crippen LogP contribution is -2.56. The van der Waals surface area contributed by atoms with Crippen LogP contribution in [0.5, 0.6) is 5.75 Å². The number of phenolic OH excluding ortho intramolecular Hbond substituents is 1. The number of aliphatic hydroxyl groups is 1. The van der Waals surface area contributed by atoms with E-state index in [0.29, 0.717) is 30.1 Å². The van der Waals surface area contributed by atoms with Crippen molar-refractivity contribution in [1.82, 2.24) is 5.32 Å². The van der Waals surface area contributed by atoms with Gasteiger partial charge < -0.3 is 20.3 Å². The lowest BCUT2D eigenvalue weighted by Gasteiger charge is -2.38. The van der Waals surface area contributed by atoms with Gasteiger partial charge in [0.2, 0.25) is 0 Å². The molecule has 6 heteroatoms. The first kappa shape index (κ1) is 16.8. The predicted octanol–water partition coefficient (Wildman–Crippen LogP) is 1.79. The van der Waals surface area contributed by atoms with Gasteiger partial charge >= 0.3 is 0 Å². The largest absolute Gasteiger partial charge is 0.508 e. The number of nitrogens with one attached hydrogen (secondary N) is 1. The van der Waals surface area contributed by atoms with Crippen LogP contribution >= 0.6 is 11.6 Å². The molecule has 0 spiro atoms. The summed E-state index contributed by atoms with van der Waals surface area (Å²) in [5, 5.41) is 22.4. The van der Waals surface area contributed by atoms with Crippen molar-refractivity contribution in [3.05, 3.63) is 28.8 Å². The summed E-state index contributed by atoms with van der Waals surface area (Å²) in [6.07, 6.45) is 0. The van der Waals surface area contributed by atoms with Crippen LogP contribution in [-0.2, 0) is 15.1 Å². The number of hydrogen-bond acceptors (Lipinski definition) is 5. The Bertz CT molecular complexity index is 467. The Balaban J connectivity index is 0.000000246. The maximum absolute atomic E-state index is 9.92. The molecule has 0 unspecified atom stereocenters. The number of halogens is 1. The molecule has 1 saturated heterocycles. The average molecular weight is 302 g/mol. The molecule has 2 rings (SSSR count). The molecule has 1 aromatic carbocycles. The van der Waals surface area contributed by atoms with E-state index < -0.39 is 5.60 Å². The van der Waals surface area contributed by atoms with Crippen LogP contribution in [-0.4, -0.2) is 35.4 Å². The van der Waals surface area contributed by atoms with Gasteiger partial charge in [-0.05, 0) is 32.9 Å². The van der Waals surface area contributed by atoms with Crippen LogP contribution in [0.15, 0.2) is 18.2 Å². The SMILES string of the molecule is CC(C)(C)OC=O.Oc1ccc(C2(O)CNC2)c(Cl)c1. The molecule has 20 heavy (non-hydrogen) atoms. The van der Waals surface area contributed by atoms with E-state index in [9.17, 15) is 9.90 Å². The van der Waals surface area contributed by atoms with Gasteiger partial charge in [-0.25, -0.2) is 0 Å². The van der Waals surface area contributed by atoms with Gasteiger partial charge in [0.25, 0.3) is 6.47 Å². The number of β-amino-alcohol motifs (C(OH)–C–C–N with tert-alkyl or cyclic N) is 1. The standard InChI is InChI=1S/C9H10ClNO2.C5H10O2/c10-8-3-6(12)1-2-7(8)9(13)4-11-5-9;1-5(2,3)7-4-6/h1-3,11-13H,4-5H2;4H,1-3H3. The number of phenols is 1. The molecule has 0 radical (unpaired) electrons. The highest BCUT2D eigenvalue weighted by atomic mass is 35.5. The third kappa shape index (κ3) is 4.67. The first-order chi connectivity index (χ1) is 9.18. The molecule has 1 heterocycles. The van der Waals surface area contributed by atoms with Gasteiger partial charge in [0, 0.05) is 18.7 Å². The zero-order chi connectivity index (χ0) is 15.4. The fourth-order valence-corrected chi connectivity index (χ4v) is 1.93. The van der Waals surface area contributed by atoms with Crippen LogP contribution < -0.4 is 5.32 Å². The van der Waals surface area contributed by atoms with Crippen LogP contribution in [0, 0.1) is 0 Å². The lowest BCUT2D eigenvalue weighted by molar-refractivity contribution is -0.138. The second-order valence-electron chi connectivity index (χ2n) is 5.63. The van der Waals surface area contributed by atoms with Gasteiger partial charge in [0.1, 0.15) is 17.0 Å². The summed E-state index contributed by atoms with van der Waals surface area (Å²) in [4.78, 5) is 9.60. The lowest BCUT2D eigenvalue weighted by atomic mass is 9.88. The van der Waals surface area contributed by atoms with Gasteiger partial charge in [-0.3, -0.25) is 4.79 Å². The van der Waals surface area contributed by atoms with E-state index in [1.54, 1.807) is 6.07 Å². The van der Waals surface area contributed by atoms with E-state index in [-0.39, 0.29) is 11.4 Å². The zero-order valence-corrected chi connectivity index (χ0v) is 12.6. The summed E-state index contributed by atoms with van der Waals surface area (Å²) in [6.45, 7) is 6.94. The highest BCUT2D eigenvalue weighted by Crippen LogP contribution is 2.33. The smallest absolute Gasteiger partial charge is 0.293 e. The number of ether oxygens (including phenoxy) is 1. The molecule has 0 aromatic heterocycles. The fourth-order valence-electron chi connectivity index (χ4n) is 1.58. The Kier molecular flexibility index (Phi) is 5.39. The topological polar surface area (TPSA) is 78.8 Å². The van der Waals surface area contributed by atoms with E-state index in [0.717, 1.165) is 0 Å². The number of benzene rings is 1. The fraction of sp³-hybridized carbons (Fsp3) is 0.500. The van der Waals surface area contributed by atoms with Crippen molar-refractivity contribution >= 4 is 18.1 Å². The van der Waals surface area contributed by atoms with Crippen molar-refractivity contribution in [3.8, 4) is 5.75 Å². The van der Waals surface area contributed by atoms with E-state index >= 15 is 0 Å². The van der Waals surface area contributed by atoms with Crippen molar-refractivity contribution in [1.29, 1.82) is 0 Å². The monoisotopic (exact) mass is 301 g/mol. The van der Waals surface area contributed by atoms with E-state index in [4.69, 9.17) is 16.7 Å². The van der Waals surface area contributed by atoms with Crippen molar-refractivity contribution < 1.29 is 19.7 Å². The van der Waals surface area contributed by atoms with Crippen LogP contribution in [0.25, 0.3) is 0 Å². The first-order valence-electron chi connectivity index (χ1n) is 6.21. The highest BCUT2D eigenvalue weighted by Gasteiger charge is 2.37. The number of rotatable bonds is 2. The Morgan fingerprint density at radius 2 is 2.00 bits per heavy atom. The first-order valence-corrected chi connectivity index (χ1v) is 6.59. The maximum Gasteiger partial charge on any atom is 0.293 e. The minimum absolute atomic E-state index is 0.115. The van der Waals surface area contributed by atoms with Gasteiger partial charge in [-0.1, -0.05) is 17.7 Å². The van der Waals surface area contributed by atoms with Gasteiger partial charge in [0.15, 0.2) is 0 Å². The third-order valence-corrected chi connectivity index (χ3v) is 3.00. The molecular weight excluding hydrogens is 282 g/mol. The highest BCUT2D eigenvalue weighted by molar-refractivity contribution is 6.31.